The summed E-state index contributed by atoms with van der Waals surface area (Å²) in [6, 6.07) is 0. The summed E-state index contributed by atoms with van der Waals surface area (Å²) >= 11 is 0. The molecule has 0 unspecified atom stereocenters. The Bertz CT molecular complexity index is 334. The van der Waals surface area contributed by atoms with Gasteiger partial charge in [0, 0.05) is 12.0 Å². The molecule has 3 nitrogen and oxygen atoms in total. The summed E-state index contributed by atoms with van der Waals surface area (Å²) in [5, 5.41) is 8.63. The van der Waals surface area contributed by atoms with Crippen LogP contribution in [-0.4, -0.2) is 15.0 Å². The monoisotopic (exact) mass is 237 g/mol. The zero-order valence-electron chi connectivity index (χ0n) is 12.1. The first-order valence-electron chi connectivity index (χ1n) is 6.93. The Hall–Kier alpha value is -0.860. The largest absolute Gasteiger partial charge is 0.249 e. The van der Waals surface area contributed by atoms with Crippen LogP contribution in [0.1, 0.15) is 71.7 Å². The summed E-state index contributed by atoms with van der Waals surface area (Å²) in [6.07, 6.45) is 6.08. The van der Waals surface area contributed by atoms with Gasteiger partial charge in [-0.05, 0) is 12.8 Å². The maximum atomic E-state index is 4.32. The average molecular weight is 237 g/mol. The zero-order valence-corrected chi connectivity index (χ0v) is 12.1. The smallest absolute Gasteiger partial charge is 0.0861 e. The van der Waals surface area contributed by atoms with Gasteiger partial charge in [-0.3, -0.25) is 0 Å². The van der Waals surface area contributed by atoms with E-state index in [1.807, 2.05) is 0 Å². The molecule has 0 aliphatic rings. The van der Waals surface area contributed by atoms with Gasteiger partial charge in [0.25, 0.3) is 0 Å². The van der Waals surface area contributed by atoms with Crippen LogP contribution in [0.5, 0.6) is 0 Å². The van der Waals surface area contributed by atoms with E-state index in [0.717, 1.165) is 18.7 Å². The third-order valence-corrected chi connectivity index (χ3v) is 3.07. The fourth-order valence-electron chi connectivity index (χ4n) is 2.25. The van der Waals surface area contributed by atoms with E-state index in [0.29, 0.717) is 0 Å². The first-order chi connectivity index (χ1) is 8.00. The van der Waals surface area contributed by atoms with E-state index in [4.69, 9.17) is 0 Å². The fraction of sp³-hybridized carbons (Fsp3) is 0.857. The minimum Gasteiger partial charge on any atom is -0.249 e. The van der Waals surface area contributed by atoms with E-state index in [2.05, 4.69) is 49.6 Å². The van der Waals surface area contributed by atoms with Crippen molar-refractivity contribution in [2.75, 3.05) is 0 Å². The number of nitrogens with zero attached hydrogens (tertiary/aromatic N) is 3. The van der Waals surface area contributed by atoms with Crippen molar-refractivity contribution >= 4 is 0 Å². The van der Waals surface area contributed by atoms with E-state index >= 15 is 0 Å². The Labute approximate surface area is 106 Å². The highest BCUT2D eigenvalue weighted by Gasteiger charge is 2.23. The van der Waals surface area contributed by atoms with Gasteiger partial charge in [0.1, 0.15) is 0 Å². The quantitative estimate of drug-likeness (QED) is 0.706. The minimum absolute atomic E-state index is 0.138. The van der Waals surface area contributed by atoms with Gasteiger partial charge in [-0.1, -0.05) is 59.1 Å². The van der Waals surface area contributed by atoms with E-state index in [1.54, 1.807) is 0 Å². The molecule has 1 aromatic rings. The molecule has 0 radical (unpaired) electrons. The topological polar surface area (TPSA) is 30.7 Å². The zero-order chi connectivity index (χ0) is 12.9. The lowest BCUT2D eigenvalue weighted by atomic mass is 9.89. The first-order valence-corrected chi connectivity index (χ1v) is 6.93. The van der Waals surface area contributed by atoms with Gasteiger partial charge in [-0.15, -0.1) is 5.10 Å². The summed E-state index contributed by atoms with van der Waals surface area (Å²) in [5.74, 6) is 0. The first kappa shape index (κ1) is 14.2. The van der Waals surface area contributed by atoms with Crippen molar-refractivity contribution in [1.29, 1.82) is 0 Å². The molecule has 1 aromatic heterocycles. The summed E-state index contributed by atoms with van der Waals surface area (Å²) in [7, 11) is 0. The maximum Gasteiger partial charge on any atom is 0.0861 e. The molecule has 0 spiro atoms. The summed E-state index contributed by atoms with van der Waals surface area (Å²) in [4.78, 5) is 0. The Morgan fingerprint density at radius 1 is 1.06 bits per heavy atom. The average Bonchev–Trinajstić information content (AvgIpc) is 2.67. The molecule has 1 heterocycles. The number of unbranched alkanes of at least 4 members (excludes halogenated alkanes) is 3. The van der Waals surface area contributed by atoms with Crippen LogP contribution in [0.3, 0.4) is 0 Å². The van der Waals surface area contributed by atoms with Crippen LogP contribution < -0.4 is 0 Å². The lowest BCUT2D eigenvalue weighted by Gasteiger charge is -2.21. The molecule has 0 aliphatic heterocycles. The van der Waals surface area contributed by atoms with E-state index < -0.39 is 0 Å². The molecular formula is C14H27N3. The molecule has 0 aliphatic carbocycles. The summed E-state index contributed by atoms with van der Waals surface area (Å²) in [6.45, 7) is 12.1. The molecule has 0 amide bonds. The summed E-state index contributed by atoms with van der Waals surface area (Å²) in [5.41, 5.74) is 2.61. The lowest BCUT2D eigenvalue weighted by Crippen LogP contribution is -2.20. The molecule has 1 rings (SSSR count). The third-order valence-electron chi connectivity index (χ3n) is 3.07. The second kappa shape index (κ2) is 6.18. The molecule has 17 heavy (non-hydrogen) atoms. The van der Waals surface area contributed by atoms with Gasteiger partial charge in [0.2, 0.25) is 0 Å². The maximum absolute atomic E-state index is 4.32. The van der Waals surface area contributed by atoms with Crippen molar-refractivity contribution in [2.24, 2.45) is 0 Å². The second-order valence-electron chi connectivity index (χ2n) is 5.77. The number of rotatable bonds is 6. The highest BCUT2D eigenvalue weighted by atomic mass is 15.4. The summed E-state index contributed by atoms with van der Waals surface area (Å²) < 4.78 is 2.12. The molecule has 0 saturated carbocycles. The van der Waals surface area contributed by atoms with Crippen molar-refractivity contribution in [3.8, 4) is 0 Å². The Balaban J connectivity index is 2.75. The highest BCUT2D eigenvalue weighted by Crippen LogP contribution is 2.25. The van der Waals surface area contributed by atoms with Crippen molar-refractivity contribution < 1.29 is 0 Å². The van der Waals surface area contributed by atoms with Crippen LogP contribution in [0, 0.1) is 0 Å². The molecule has 0 N–H and O–H groups in total. The van der Waals surface area contributed by atoms with Crippen LogP contribution >= 0.6 is 0 Å². The van der Waals surface area contributed by atoms with E-state index in [1.165, 1.54) is 31.4 Å². The predicted octanol–water partition coefficient (Wildman–Crippen LogP) is 3.72. The van der Waals surface area contributed by atoms with E-state index in [-0.39, 0.29) is 5.41 Å². The molecule has 0 saturated heterocycles. The number of hydrogen-bond donors (Lipinski definition) is 0. The highest BCUT2D eigenvalue weighted by molar-refractivity contribution is 5.19. The third kappa shape index (κ3) is 3.83. The molecule has 0 bridgehead atoms. The number of aryl methyl sites for hydroxylation is 2. The SMILES string of the molecule is CCCCCCn1nnc(CC)c1C(C)(C)C. The molecular weight excluding hydrogens is 210 g/mol. The van der Waals surface area contributed by atoms with Crippen LogP contribution in [-0.2, 0) is 18.4 Å². The Morgan fingerprint density at radius 3 is 2.29 bits per heavy atom. The molecule has 0 aromatic carbocycles. The minimum atomic E-state index is 0.138. The van der Waals surface area contributed by atoms with Crippen molar-refractivity contribution in [3.63, 3.8) is 0 Å². The van der Waals surface area contributed by atoms with Gasteiger partial charge >= 0.3 is 0 Å². The molecule has 3 heteroatoms. The standard InChI is InChI=1S/C14H27N3/c1-6-8-9-10-11-17-13(14(3,4)5)12(7-2)15-16-17/h6-11H2,1-5H3. The Kier molecular flexibility index (Phi) is 5.16. The van der Waals surface area contributed by atoms with Gasteiger partial charge in [-0.2, -0.15) is 0 Å². The van der Waals surface area contributed by atoms with Gasteiger partial charge in [0.15, 0.2) is 0 Å². The van der Waals surface area contributed by atoms with E-state index in [9.17, 15) is 0 Å². The Morgan fingerprint density at radius 2 is 1.76 bits per heavy atom. The van der Waals surface area contributed by atoms with Crippen molar-refractivity contribution in [2.45, 2.75) is 78.7 Å². The fourth-order valence-corrected chi connectivity index (χ4v) is 2.25. The lowest BCUT2D eigenvalue weighted by molar-refractivity contribution is 0.457. The van der Waals surface area contributed by atoms with Crippen molar-refractivity contribution in [1.82, 2.24) is 15.0 Å². The van der Waals surface area contributed by atoms with Crippen LogP contribution in [0.2, 0.25) is 0 Å². The van der Waals surface area contributed by atoms with Crippen LogP contribution in [0.25, 0.3) is 0 Å². The number of aromatic nitrogens is 3. The van der Waals surface area contributed by atoms with Crippen LogP contribution in [0.4, 0.5) is 0 Å². The normalized spacial score (nSPS) is 12.1. The molecule has 98 valence electrons. The number of hydrogen-bond acceptors (Lipinski definition) is 2. The predicted molar refractivity (Wildman–Crippen MR) is 72.2 cm³/mol. The van der Waals surface area contributed by atoms with Crippen LogP contribution in [0.15, 0.2) is 0 Å². The van der Waals surface area contributed by atoms with Crippen molar-refractivity contribution in [3.05, 3.63) is 11.4 Å². The molecule has 0 atom stereocenters. The molecule has 0 fully saturated rings. The van der Waals surface area contributed by atoms with Gasteiger partial charge in [-0.25, -0.2) is 4.68 Å². The van der Waals surface area contributed by atoms with Gasteiger partial charge < -0.3 is 0 Å². The second-order valence-corrected chi connectivity index (χ2v) is 5.77. The van der Waals surface area contributed by atoms with Gasteiger partial charge in [0.05, 0.1) is 11.4 Å².